The van der Waals surface area contributed by atoms with Crippen molar-refractivity contribution in [2.45, 2.75) is 19.8 Å². The summed E-state index contributed by atoms with van der Waals surface area (Å²) >= 11 is 0. The van der Waals surface area contributed by atoms with Crippen LogP contribution in [0.15, 0.2) is 42.5 Å². The summed E-state index contributed by atoms with van der Waals surface area (Å²) in [4.78, 5) is 0. The monoisotopic (exact) mass is 308 g/mol. The van der Waals surface area contributed by atoms with Gasteiger partial charge in [-0.05, 0) is 48.4 Å². The average molecular weight is 308 g/mol. The maximum Gasteiger partial charge on any atom is 0.123 e. The van der Waals surface area contributed by atoms with Crippen molar-refractivity contribution in [2.24, 2.45) is 0 Å². The molecule has 0 saturated carbocycles. The number of aromatic nitrogens is 1. The lowest BCUT2D eigenvalue weighted by molar-refractivity contribution is 0.415. The molecule has 0 aliphatic heterocycles. The lowest BCUT2D eigenvalue weighted by Crippen LogP contribution is -2.03. The standard InChI is InChI=1S/C19H17FN2O/c1-12(2)19-17(11-21)16-10-15(23-3)8-9-18(16)22(19)14-6-4-13(20)5-7-14/h4-10,12H,1-3H3. The van der Waals surface area contributed by atoms with Crippen LogP contribution in [0.3, 0.4) is 0 Å². The molecule has 0 atom stereocenters. The van der Waals surface area contributed by atoms with E-state index in [4.69, 9.17) is 4.74 Å². The van der Waals surface area contributed by atoms with Crippen LogP contribution in [-0.4, -0.2) is 11.7 Å². The Morgan fingerprint density at radius 3 is 2.39 bits per heavy atom. The van der Waals surface area contributed by atoms with Gasteiger partial charge in [-0.15, -0.1) is 0 Å². The summed E-state index contributed by atoms with van der Waals surface area (Å²) in [6, 6.07) is 14.3. The number of hydrogen-bond acceptors (Lipinski definition) is 2. The van der Waals surface area contributed by atoms with E-state index in [1.807, 2.05) is 36.6 Å². The number of rotatable bonds is 3. The summed E-state index contributed by atoms with van der Waals surface area (Å²) in [5.41, 5.74) is 3.31. The first-order valence-electron chi connectivity index (χ1n) is 7.45. The largest absolute Gasteiger partial charge is 0.497 e. The van der Waals surface area contributed by atoms with Crippen molar-refractivity contribution in [3.63, 3.8) is 0 Å². The molecule has 3 nitrogen and oxygen atoms in total. The Bertz CT molecular complexity index is 902. The van der Waals surface area contributed by atoms with Crippen LogP contribution in [-0.2, 0) is 0 Å². The van der Waals surface area contributed by atoms with Crippen molar-refractivity contribution in [3.8, 4) is 17.5 Å². The third kappa shape index (κ3) is 2.44. The Balaban J connectivity index is 2.41. The molecule has 23 heavy (non-hydrogen) atoms. The highest BCUT2D eigenvalue weighted by Crippen LogP contribution is 2.35. The quantitative estimate of drug-likeness (QED) is 0.698. The average Bonchev–Trinajstić information content (AvgIpc) is 2.89. The molecule has 116 valence electrons. The number of ether oxygens (including phenoxy) is 1. The van der Waals surface area contributed by atoms with Gasteiger partial charge in [0.25, 0.3) is 0 Å². The highest BCUT2D eigenvalue weighted by atomic mass is 19.1. The van der Waals surface area contributed by atoms with E-state index in [0.717, 1.165) is 22.3 Å². The minimum Gasteiger partial charge on any atom is -0.497 e. The number of methoxy groups -OCH3 is 1. The lowest BCUT2D eigenvalue weighted by Gasteiger charge is -2.14. The molecule has 0 aliphatic rings. The van der Waals surface area contributed by atoms with E-state index in [2.05, 4.69) is 6.07 Å². The van der Waals surface area contributed by atoms with Gasteiger partial charge in [-0.2, -0.15) is 5.26 Å². The molecule has 2 aromatic carbocycles. The highest BCUT2D eigenvalue weighted by Gasteiger charge is 2.21. The molecule has 3 rings (SSSR count). The van der Waals surface area contributed by atoms with E-state index >= 15 is 0 Å². The molecule has 0 N–H and O–H groups in total. The Kier molecular flexibility index (Phi) is 3.79. The first-order valence-corrected chi connectivity index (χ1v) is 7.45. The molecular formula is C19H17FN2O. The second-order valence-electron chi connectivity index (χ2n) is 5.72. The number of hydrogen-bond donors (Lipinski definition) is 0. The molecule has 0 spiro atoms. The van der Waals surface area contributed by atoms with Crippen molar-refractivity contribution in [1.29, 1.82) is 5.26 Å². The summed E-state index contributed by atoms with van der Waals surface area (Å²) < 4.78 is 20.6. The zero-order valence-electron chi connectivity index (χ0n) is 13.3. The molecule has 3 aromatic rings. The normalized spacial score (nSPS) is 11.0. The number of fused-ring (bicyclic) bond motifs is 1. The van der Waals surface area contributed by atoms with Crippen molar-refractivity contribution >= 4 is 10.9 Å². The van der Waals surface area contributed by atoms with Crippen molar-refractivity contribution in [3.05, 3.63) is 59.5 Å². The van der Waals surface area contributed by atoms with Crippen LogP contribution in [0.5, 0.6) is 5.75 Å². The van der Waals surface area contributed by atoms with Gasteiger partial charge in [0, 0.05) is 16.8 Å². The minimum absolute atomic E-state index is 0.146. The fraction of sp³-hybridized carbons (Fsp3) is 0.211. The first-order chi connectivity index (χ1) is 11.1. The van der Waals surface area contributed by atoms with Gasteiger partial charge in [0.2, 0.25) is 0 Å². The van der Waals surface area contributed by atoms with Gasteiger partial charge in [0.1, 0.15) is 17.6 Å². The topological polar surface area (TPSA) is 37.9 Å². The van der Waals surface area contributed by atoms with E-state index < -0.39 is 0 Å². The zero-order chi connectivity index (χ0) is 16.6. The van der Waals surface area contributed by atoms with Crippen LogP contribution in [0.25, 0.3) is 16.6 Å². The van der Waals surface area contributed by atoms with Crippen LogP contribution >= 0.6 is 0 Å². The van der Waals surface area contributed by atoms with Crippen LogP contribution < -0.4 is 4.74 Å². The molecule has 0 unspecified atom stereocenters. The first kappa shape index (κ1) is 15.1. The summed E-state index contributed by atoms with van der Waals surface area (Å²) in [5, 5.41) is 10.5. The molecule has 0 fully saturated rings. The Hall–Kier alpha value is -2.80. The van der Waals surface area contributed by atoms with Crippen molar-refractivity contribution in [1.82, 2.24) is 4.57 Å². The van der Waals surface area contributed by atoms with Gasteiger partial charge in [0.15, 0.2) is 0 Å². The van der Waals surface area contributed by atoms with Gasteiger partial charge in [-0.1, -0.05) is 13.8 Å². The summed E-state index contributed by atoms with van der Waals surface area (Å²) in [7, 11) is 1.60. The zero-order valence-corrected chi connectivity index (χ0v) is 13.3. The third-order valence-corrected chi connectivity index (χ3v) is 3.95. The number of nitrogens with zero attached hydrogens (tertiary/aromatic N) is 2. The van der Waals surface area contributed by atoms with Gasteiger partial charge in [0.05, 0.1) is 18.2 Å². The molecule has 1 heterocycles. The van der Waals surface area contributed by atoms with Gasteiger partial charge >= 0.3 is 0 Å². The minimum atomic E-state index is -0.279. The predicted molar refractivity (Wildman–Crippen MR) is 88.6 cm³/mol. The number of benzene rings is 2. The molecule has 1 aromatic heterocycles. The fourth-order valence-corrected chi connectivity index (χ4v) is 2.95. The summed E-state index contributed by atoms with van der Waals surface area (Å²) in [5.74, 6) is 0.576. The molecule has 4 heteroatoms. The Morgan fingerprint density at radius 2 is 1.83 bits per heavy atom. The lowest BCUT2D eigenvalue weighted by atomic mass is 10.0. The van der Waals surface area contributed by atoms with Crippen LogP contribution in [0.1, 0.15) is 31.0 Å². The van der Waals surface area contributed by atoms with Gasteiger partial charge < -0.3 is 9.30 Å². The van der Waals surface area contributed by atoms with E-state index in [1.165, 1.54) is 12.1 Å². The van der Waals surface area contributed by atoms with Gasteiger partial charge in [-0.25, -0.2) is 4.39 Å². The van der Waals surface area contributed by atoms with Crippen LogP contribution in [0, 0.1) is 17.1 Å². The predicted octanol–water partition coefficient (Wildman–Crippen LogP) is 4.77. The molecule has 0 saturated heterocycles. The van der Waals surface area contributed by atoms with Crippen molar-refractivity contribution < 1.29 is 9.13 Å². The molecule has 0 aliphatic carbocycles. The SMILES string of the molecule is COc1ccc2c(c1)c(C#N)c(C(C)C)n2-c1ccc(F)cc1. The van der Waals surface area contributed by atoms with E-state index in [-0.39, 0.29) is 11.7 Å². The molecule has 0 radical (unpaired) electrons. The van der Waals surface area contributed by atoms with Crippen molar-refractivity contribution in [2.75, 3.05) is 7.11 Å². The summed E-state index contributed by atoms with van der Waals surface area (Å²) in [6.07, 6.45) is 0. The number of nitriles is 1. The summed E-state index contributed by atoms with van der Waals surface area (Å²) in [6.45, 7) is 4.10. The maximum atomic E-state index is 13.3. The molecular weight excluding hydrogens is 291 g/mol. The fourth-order valence-electron chi connectivity index (χ4n) is 2.95. The highest BCUT2D eigenvalue weighted by molar-refractivity contribution is 5.91. The maximum absolute atomic E-state index is 13.3. The number of halogens is 1. The molecule has 0 amide bonds. The second-order valence-corrected chi connectivity index (χ2v) is 5.72. The van der Waals surface area contributed by atoms with Gasteiger partial charge in [-0.3, -0.25) is 0 Å². The second kappa shape index (κ2) is 5.77. The van der Waals surface area contributed by atoms with E-state index in [0.29, 0.717) is 11.3 Å². The van der Waals surface area contributed by atoms with Crippen LogP contribution in [0.4, 0.5) is 4.39 Å². The third-order valence-electron chi connectivity index (χ3n) is 3.95. The van der Waals surface area contributed by atoms with Crippen LogP contribution in [0.2, 0.25) is 0 Å². The smallest absolute Gasteiger partial charge is 0.123 e. The Labute approximate surface area is 134 Å². The Morgan fingerprint density at radius 1 is 1.13 bits per heavy atom. The van der Waals surface area contributed by atoms with E-state index in [1.54, 1.807) is 19.2 Å². The molecule has 0 bridgehead atoms. The van der Waals surface area contributed by atoms with E-state index in [9.17, 15) is 9.65 Å².